The lowest BCUT2D eigenvalue weighted by Crippen LogP contribution is -2.12. The van der Waals surface area contributed by atoms with E-state index >= 15 is 0 Å². The summed E-state index contributed by atoms with van der Waals surface area (Å²) in [5, 5.41) is 0. The maximum absolute atomic E-state index is 5.51. The molecule has 1 saturated carbocycles. The Balaban J connectivity index is 2.26. The summed E-state index contributed by atoms with van der Waals surface area (Å²) < 4.78 is 3.22. The molecule has 0 bridgehead atoms. The zero-order valence-corrected chi connectivity index (χ0v) is 8.42. The van der Waals surface area contributed by atoms with Crippen LogP contribution in [-0.2, 0) is 6.54 Å². The number of hydrogen-bond donors (Lipinski definition) is 1. The molecule has 4 heteroatoms. The predicted molar refractivity (Wildman–Crippen MR) is 51.0 cm³/mol. The van der Waals surface area contributed by atoms with Crippen molar-refractivity contribution in [2.24, 2.45) is 5.73 Å². The highest BCUT2D eigenvalue weighted by Gasteiger charge is 2.28. The van der Waals surface area contributed by atoms with Crippen molar-refractivity contribution in [1.82, 2.24) is 9.55 Å². The van der Waals surface area contributed by atoms with Crippen molar-refractivity contribution in [3.8, 4) is 0 Å². The number of hydrogen-bond acceptors (Lipinski definition) is 2. The van der Waals surface area contributed by atoms with Crippen LogP contribution in [0.15, 0.2) is 10.8 Å². The van der Waals surface area contributed by atoms with Crippen molar-refractivity contribution < 1.29 is 0 Å². The molecule has 1 aromatic heterocycles. The largest absolute Gasteiger partial charge is 0.329 e. The van der Waals surface area contributed by atoms with Crippen LogP contribution in [0.2, 0.25) is 0 Å². The molecule has 12 heavy (non-hydrogen) atoms. The summed E-state index contributed by atoms with van der Waals surface area (Å²) >= 11 is 3.46. The number of halogens is 1. The highest BCUT2D eigenvalue weighted by molar-refractivity contribution is 9.10. The van der Waals surface area contributed by atoms with Crippen LogP contribution in [0.1, 0.15) is 24.6 Å². The molecule has 0 aliphatic heterocycles. The van der Waals surface area contributed by atoms with Gasteiger partial charge in [0, 0.05) is 19.0 Å². The van der Waals surface area contributed by atoms with Crippen LogP contribution in [-0.4, -0.2) is 16.1 Å². The molecule has 0 spiro atoms. The smallest absolute Gasteiger partial charge is 0.112 e. The van der Waals surface area contributed by atoms with Gasteiger partial charge in [-0.25, -0.2) is 4.98 Å². The number of nitrogens with two attached hydrogens (primary N) is 1. The van der Waals surface area contributed by atoms with E-state index in [0.29, 0.717) is 12.5 Å². The van der Waals surface area contributed by atoms with Gasteiger partial charge in [0.25, 0.3) is 0 Å². The molecule has 0 saturated heterocycles. The molecule has 1 aromatic rings. The van der Waals surface area contributed by atoms with Gasteiger partial charge in [0.2, 0.25) is 0 Å². The highest BCUT2D eigenvalue weighted by atomic mass is 79.9. The third-order valence-corrected chi connectivity index (χ3v) is 2.77. The van der Waals surface area contributed by atoms with Gasteiger partial charge in [-0.15, -0.1) is 0 Å². The zero-order valence-electron chi connectivity index (χ0n) is 6.83. The van der Waals surface area contributed by atoms with Crippen molar-refractivity contribution in [3.63, 3.8) is 0 Å². The van der Waals surface area contributed by atoms with Gasteiger partial charge < -0.3 is 10.3 Å². The summed E-state index contributed by atoms with van der Waals surface area (Å²) in [7, 11) is 0. The number of rotatable bonds is 3. The Morgan fingerprint density at radius 1 is 1.67 bits per heavy atom. The fraction of sp³-hybridized carbons (Fsp3) is 0.625. The number of nitrogens with zero attached hydrogens (tertiary/aromatic N) is 2. The summed E-state index contributed by atoms with van der Waals surface area (Å²) in [6, 6.07) is 0. The van der Waals surface area contributed by atoms with E-state index in [2.05, 4.69) is 25.5 Å². The van der Waals surface area contributed by atoms with E-state index < -0.39 is 0 Å². The third-order valence-electron chi connectivity index (χ3n) is 2.13. The van der Waals surface area contributed by atoms with Gasteiger partial charge in [-0.05, 0) is 28.8 Å². The fourth-order valence-electron chi connectivity index (χ4n) is 1.39. The van der Waals surface area contributed by atoms with Crippen LogP contribution in [0.5, 0.6) is 0 Å². The molecule has 0 aromatic carbocycles. The van der Waals surface area contributed by atoms with E-state index in [9.17, 15) is 0 Å². The summed E-state index contributed by atoms with van der Waals surface area (Å²) in [6.45, 7) is 1.54. The van der Waals surface area contributed by atoms with Gasteiger partial charge in [-0.2, -0.15) is 0 Å². The van der Waals surface area contributed by atoms with Gasteiger partial charge in [-0.1, -0.05) is 0 Å². The first-order valence-corrected chi connectivity index (χ1v) is 5.03. The van der Waals surface area contributed by atoms with Gasteiger partial charge in [0.15, 0.2) is 0 Å². The average Bonchev–Trinajstić information content (AvgIpc) is 2.82. The topological polar surface area (TPSA) is 43.8 Å². The van der Waals surface area contributed by atoms with E-state index in [-0.39, 0.29) is 0 Å². The molecule has 1 fully saturated rings. The summed E-state index contributed by atoms with van der Waals surface area (Å²) in [5.41, 5.74) is 5.51. The Bertz CT molecular complexity index is 278. The molecule has 1 heterocycles. The first-order chi connectivity index (χ1) is 5.83. The first-order valence-electron chi connectivity index (χ1n) is 4.24. The van der Waals surface area contributed by atoms with E-state index in [1.54, 1.807) is 0 Å². The molecular formula is C8H12BrN3. The molecular weight excluding hydrogens is 218 g/mol. The lowest BCUT2D eigenvalue weighted by Gasteiger charge is -2.05. The third kappa shape index (κ3) is 1.41. The van der Waals surface area contributed by atoms with Gasteiger partial charge >= 0.3 is 0 Å². The average molecular weight is 230 g/mol. The van der Waals surface area contributed by atoms with Gasteiger partial charge in [-0.3, -0.25) is 0 Å². The van der Waals surface area contributed by atoms with Crippen molar-refractivity contribution in [2.45, 2.75) is 25.3 Å². The number of aromatic nitrogens is 2. The predicted octanol–water partition coefficient (Wildman–Crippen LogP) is 1.48. The Labute approximate surface area is 80.1 Å². The van der Waals surface area contributed by atoms with Crippen LogP contribution in [0.3, 0.4) is 0 Å². The normalized spacial score (nSPS) is 16.8. The van der Waals surface area contributed by atoms with E-state index in [1.807, 2.05) is 6.20 Å². The van der Waals surface area contributed by atoms with E-state index in [0.717, 1.165) is 11.1 Å². The van der Waals surface area contributed by atoms with Crippen LogP contribution in [0.4, 0.5) is 0 Å². The lowest BCUT2D eigenvalue weighted by molar-refractivity contribution is 0.652. The van der Waals surface area contributed by atoms with Crippen LogP contribution < -0.4 is 5.73 Å². The van der Waals surface area contributed by atoms with E-state index in [1.165, 1.54) is 18.7 Å². The van der Waals surface area contributed by atoms with Crippen molar-refractivity contribution >= 4 is 15.9 Å². The SMILES string of the molecule is NCCn1c(Br)cnc1C1CC1. The summed E-state index contributed by atoms with van der Waals surface area (Å²) in [5.74, 6) is 1.90. The minimum Gasteiger partial charge on any atom is -0.329 e. The van der Waals surface area contributed by atoms with Gasteiger partial charge in [0.1, 0.15) is 10.4 Å². The molecule has 0 atom stereocenters. The molecule has 66 valence electrons. The Morgan fingerprint density at radius 2 is 2.42 bits per heavy atom. The second-order valence-electron chi connectivity index (χ2n) is 3.15. The molecule has 2 N–H and O–H groups in total. The van der Waals surface area contributed by atoms with Crippen molar-refractivity contribution in [2.75, 3.05) is 6.54 Å². The monoisotopic (exact) mass is 229 g/mol. The second-order valence-corrected chi connectivity index (χ2v) is 3.97. The molecule has 2 rings (SSSR count). The van der Waals surface area contributed by atoms with Crippen LogP contribution in [0.25, 0.3) is 0 Å². The quantitative estimate of drug-likeness (QED) is 0.854. The van der Waals surface area contributed by atoms with Crippen LogP contribution in [0, 0.1) is 0 Å². The fourth-order valence-corrected chi connectivity index (χ4v) is 1.85. The zero-order chi connectivity index (χ0) is 8.55. The Kier molecular flexibility index (Phi) is 2.19. The minimum atomic E-state index is 0.675. The standard InChI is InChI=1S/C8H12BrN3/c9-7-5-11-8(6-1-2-6)12(7)4-3-10/h5-6H,1-4,10H2. The Hall–Kier alpha value is -0.350. The molecule has 1 aliphatic rings. The van der Waals surface area contributed by atoms with Crippen molar-refractivity contribution in [3.05, 3.63) is 16.6 Å². The maximum Gasteiger partial charge on any atom is 0.112 e. The number of imidazole rings is 1. The maximum atomic E-state index is 5.51. The molecule has 1 aliphatic carbocycles. The second kappa shape index (κ2) is 3.18. The van der Waals surface area contributed by atoms with Gasteiger partial charge in [0.05, 0.1) is 6.20 Å². The van der Waals surface area contributed by atoms with Crippen molar-refractivity contribution in [1.29, 1.82) is 0 Å². The first kappa shape index (κ1) is 8.26. The molecule has 0 amide bonds. The van der Waals surface area contributed by atoms with Crippen LogP contribution >= 0.6 is 15.9 Å². The molecule has 3 nitrogen and oxygen atoms in total. The molecule has 0 unspecified atom stereocenters. The van der Waals surface area contributed by atoms with E-state index in [4.69, 9.17) is 5.73 Å². The highest BCUT2D eigenvalue weighted by Crippen LogP contribution is 2.39. The summed E-state index contributed by atoms with van der Waals surface area (Å²) in [6.07, 6.45) is 4.44. The Morgan fingerprint density at radius 3 is 3.00 bits per heavy atom. The summed E-state index contributed by atoms with van der Waals surface area (Å²) in [4.78, 5) is 4.36. The lowest BCUT2D eigenvalue weighted by atomic mass is 10.4. The minimum absolute atomic E-state index is 0.675. The molecule has 0 radical (unpaired) electrons.